The molecule has 2 heterocycles. The third kappa shape index (κ3) is 1.74. The molecule has 5 heteroatoms. The first-order valence-electron chi connectivity index (χ1n) is 4.93. The molecule has 0 amide bonds. The molecule has 2 aromatic rings. The summed E-state index contributed by atoms with van der Waals surface area (Å²) in [6.07, 6.45) is 4.89. The molecule has 2 aromatic heterocycles. The van der Waals surface area contributed by atoms with Crippen LogP contribution in [0.4, 0.5) is 0 Å². The molecule has 0 aliphatic carbocycles. The van der Waals surface area contributed by atoms with E-state index in [0.717, 1.165) is 28.3 Å². The molecule has 0 radical (unpaired) electrons. The molecule has 0 atom stereocenters. The molecule has 4 nitrogen and oxygen atoms in total. The first-order valence-corrected chi connectivity index (χ1v) is 5.33. The lowest BCUT2D eigenvalue weighted by Gasteiger charge is -1.99. The molecule has 0 bridgehead atoms. The summed E-state index contributed by atoms with van der Waals surface area (Å²) in [4.78, 5) is 3.11. The number of aryl methyl sites for hydroxylation is 3. The second-order valence-corrected chi connectivity index (χ2v) is 3.99. The topological polar surface area (TPSA) is 38.5 Å². The van der Waals surface area contributed by atoms with Gasteiger partial charge in [-0.25, -0.2) is 0 Å². The van der Waals surface area contributed by atoms with Crippen molar-refractivity contribution in [3.63, 3.8) is 0 Å². The lowest BCUT2D eigenvalue weighted by Crippen LogP contribution is -1.95. The maximum atomic E-state index is 5.24. The predicted octanol–water partition coefficient (Wildman–Crippen LogP) is 2.14. The van der Waals surface area contributed by atoms with Crippen molar-refractivity contribution in [2.24, 2.45) is 7.05 Å². The van der Waals surface area contributed by atoms with E-state index in [-0.39, 0.29) is 0 Å². The summed E-state index contributed by atoms with van der Waals surface area (Å²) in [5, 5.41) is 4.39. The van der Waals surface area contributed by atoms with Crippen LogP contribution >= 0.6 is 12.2 Å². The molecular formula is C10H14N4S. The van der Waals surface area contributed by atoms with Gasteiger partial charge in [-0.2, -0.15) is 5.10 Å². The highest BCUT2D eigenvalue weighted by Gasteiger charge is 2.08. The Morgan fingerprint density at radius 3 is 2.73 bits per heavy atom. The largest absolute Gasteiger partial charge is 0.335 e. The van der Waals surface area contributed by atoms with Crippen LogP contribution in [-0.4, -0.2) is 19.3 Å². The van der Waals surface area contributed by atoms with Gasteiger partial charge in [-0.3, -0.25) is 9.25 Å². The van der Waals surface area contributed by atoms with Crippen LogP contribution in [0.5, 0.6) is 0 Å². The molecule has 0 fully saturated rings. The van der Waals surface area contributed by atoms with Crippen molar-refractivity contribution in [3.8, 4) is 5.69 Å². The van der Waals surface area contributed by atoms with Gasteiger partial charge in [0.25, 0.3) is 0 Å². The Morgan fingerprint density at radius 2 is 2.20 bits per heavy atom. The Kier molecular flexibility index (Phi) is 2.48. The van der Waals surface area contributed by atoms with Crippen LogP contribution in [-0.2, 0) is 13.5 Å². The van der Waals surface area contributed by atoms with Crippen LogP contribution in [0.3, 0.4) is 0 Å². The maximum absolute atomic E-state index is 5.24. The zero-order valence-corrected chi connectivity index (χ0v) is 9.93. The van der Waals surface area contributed by atoms with Crippen LogP contribution in [0.1, 0.15) is 18.3 Å². The first-order chi connectivity index (χ1) is 7.11. The van der Waals surface area contributed by atoms with E-state index in [1.54, 1.807) is 0 Å². The number of nitrogens with zero attached hydrogens (tertiary/aromatic N) is 3. The van der Waals surface area contributed by atoms with Crippen molar-refractivity contribution in [2.45, 2.75) is 20.3 Å². The summed E-state index contributed by atoms with van der Waals surface area (Å²) in [6, 6.07) is 0. The van der Waals surface area contributed by atoms with Crippen molar-refractivity contribution in [1.29, 1.82) is 0 Å². The summed E-state index contributed by atoms with van der Waals surface area (Å²) in [6.45, 7) is 4.09. The molecule has 0 aliphatic heterocycles. The molecule has 0 aliphatic rings. The fourth-order valence-corrected chi connectivity index (χ4v) is 1.98. The smallest absolute Gasteiger partial charge is 0.182 e. The highest BCUT2D eigenvalue weighted by Crippen LogP contribution is 2.14. The average Bonchev–Trinajstić information content (AvgIpc) is 2.69. The number of aromatic nitrogens is 4. The van der Waals surface area contributed by atoms with Crippen molar-refractivity contribution in [2.75, 3.05) is 0 Å². The molecule has 0 saturated heterocycles. The van der Waals surface area contributed by atoms with Crippen molar-refractivity contribution in [1.82, 2.24) is 19.3 Å². The van der Waals surface area contributed by atoms with Gasteiger partial charge in [-0.15, -0.1) is 0 Å². The van der Waals surface area contributed by atoms with Crippen LogP contribution in [0.15, 0.2) is 12.4 Å². The fourth-order valence-electron chi connectivity index (χ4n) is 1.67. The summed E-state index contributed by atoms with van der Waals surface area (Å²) < 4.78 is 4.50. The Hall–Kier alpha value is -1.36. The Morgan fingerprint density at radius 1 is 1.47 bits per heavy atom. The third-order valence-electron chi connectivity index (χ3n) is 2.32. The Labute approximate surface area is 93.6 Å². The minimum absolute atomic E-state index is 0.718. The van der Waals surface area contributed by atoms with E-state index in [2.05, 4.69) is 17.0 Å². The second-order valence-electron chi connectivity index (χ2n) is 3.60. The molecular weight excluding hydrogens is 208 g/mol. The number of H-pyrrole nitrogens is 1. The van der Waals surface area contributed by atoms with Crippen LogP contribution in [0, 0.1) is 11.7 Å². The number of hydrogen-bond donors (Lipinski definition) is 1. The second kappa shape index (κ2) is 3.66. The van der Waals surface area contributed by atoms with Gasteiger partial charge in [-0.1, -0.05) is 6.92 Å². The number of hydrogen-bond acceptors (Lipinski definition) is 2. The van der Waals surface area contributed by atoms with Gasteiger partial charge in [0.05, 0.1) is 11.4 Å². The van der Waals surface area contributed by atoms with Gasteiger partial charge in [0, 0.05) is 25.1 Å². The lowest BCUT2D eigenvalue weighted by molar-refractivity contribution is 0.746. The van der Waals surface area contributed by atoms with Gasteiger partial charge in [0.15, 0.2) is 4.77 Å². The average molecular weight is 222 g/mol. The standard InChI is InChI=1S/C10H14N4S/c1-4-8-9(6-13(3)12-8)14-5-7(2)11-10(14)15/h5-6H,4H2,1-3H3,(H,11,15). The normalized spacial score (nSPS) is 10.9. The number of aromatic amines is 1. The van der Waals surface area contributed by atoms with Crippen molar-refractivity contribution < 1.29 is 0 Å². The molecule has 2 rings (SSSR count). The zero-order chi connectivity index (χ0) is 11.0. The quantitative estimate of drug-likeness (QED) is 0.791. The summed E-state index contributed by atoms with van der Waals surface area (Å²) in [5.41, 5.74) is 3.19. The molecule has 0 spiro atoms. The predicted molar refractivity (Wildman–Crippen MR) is 61.8 cm³/mol. The van der Waals surface area contributed by atoms with Gasteiger partial charge in [0.2, 0.25) is 0 Å². The summed E-state index contributed by atoms with van der Waals surface area (Å²) >= 11 is 5.24. The Bertz CT molecular complexity index is 532. The van der Waals surface area contributed by atoms with E-state index in [0.29, 0.717) is 0 Å². The van der Waals surface area contributed by atoms with Crippen molar-refractivity contribution >= 4 is 12.2 Å². The molecule has 1 N–H and O–H groups in total. The zero-order valence-electron chi connectivity index (χ0n) is 9.11. The van der Waals surface area contributed by atoms with E-state index in [4.69, 9.17) is 12.2 Å². The SMILES string of the molecule is CCc1nn(C)cc1-n1cc(C)[nH]c1=S. The maximum Gasteiger partial charge on any atom is 0.182 e. The number of imidazole rings is 1. The molecule has 0 aromatic carbocycles. The summed E-state index contributed by atoms with van der Waals surface area (Å²) in [7, 11) is 1.92. The van der Waals surface area contributed by atoms with Gasteiger partial charge in [-0.05, 0) is 25.6 Å². The molecule has 80 valence electrons. The monoisotopic (exact) mass is 222 g/mol. The van der Waals surface area contributed by atoms with E-state index in [9.17, 15) is 0 Å². The fraction of sp³-hybridized carbons (Fsp3) is 0.400. The van der Waals surface area contributed by atoms with E-state index in [1.807, 2.05) is 35.6 Å². The third-order valence-corrected chi connectivity index (χ3v) is 2.62. The summed E-state index contributed by atoms with van der Waals surface area (Å²) in [5.74, 6) is 0. The van der Waals surface area contributed by atoms with Crippen LogP contribution in [0.25, 0.3) is 5.69 Å². The molecule has 0 saturated carbocycles. The van der Waals surface area contributed by atoms with E-state index < -0.39 is 0 Å². The molecule has 0 unspecified atom stereocenters. The minimum Gasteiger partial charge on any atom is -0.335 e. The van der Waals surface area contributed by atoms with Gasteiger partial charge in [0.1, 0.15) is 0 Å². The van der Waals surface area contributed by atoms with E-state index >= 15 is 0 Å². The first kappa shape index (κ1) is 10.2. The minimum atomic E-state index is 0.718. The van der Waals surface area contributed by atoms with Gasteiger partial charge < -0.3 is 4.98 Å². The highest BCUT2D eigenvalue weighted by atomic mass is 32.1. The van der Waals surface area contributed by atoms with Crippen molar-refractivity contribution in [3.05, 3.63) is 28.6 Å². The number of rotatable bonds is 2. The van der Waals surface area contributed by atoms with Crippen LogP contribution < -0.4 is 0 Å². The highest BCUT2D eigenvalue weighted by molar-refractivity contribution is 7.71. The van der Waals surface area contributed by atoms with Gasteiger partial charge >= 0.3 is 0 Å². The van der Waals surface area contributed by atoms with Crippen LogP contribution in [0.2, 0.25) is 0 Å². The number of nitrogens with one attached hydrogen (secondary N) is 1. The molecule has 15 heavy (non-hydrogen) atoms. The Balaban J connectivity index is 2.62. The lowest BCUT2D eigenvalue weighted by atomic mass is 10.3. The van der Waals surface area contributed by atoms with E-state index in [1.165, 1.54) is 0 Å².